The highest BCUT2D eigenvalue weighted by atomic mass is 16.5. The van der Waals surface area contributed by atoms with Gasteiger partial charge in [-0.2, -0.15) is 0 Å². The van der Waals surface area contributed by atoms with E-state index in [1.807, 2.05) is 18.2 Å². The van der Waals surface area contributed by atoms with Crippen LogP contribution in [0.5, 0.6) is 0 Å². The van der Waals surface area contributed by atoms with Gasteiger partial charge in [-0.05, 0) is 61.4 Å². The van der Waals surface area contributed by atoms with Crippen LogP contribution in [0.15, 0.2) is 91.0 Å². The third kappa shape index (κ3) is 10.1. The van der Waals surface area contributed by atoms with Crippen LogP contribution in [0.25, 0.3) is 0 Å². The number of β-amino-alcohol motifs (C(OH)–C–C–N with tert-alkyl or cyclic N) is 1. The molecule has 1 aliphatic rings. The SMILES string of the molecule is O=C(O)C(=O)O.O[C@H](Cc1ccccc1)CN1CCC(CCOC(c2ccccc2)c2ccccc2)CC1. The van der Waals surface area contributed by atoms with E-state index in [2.05, 4.69) is 77.7 Å². The molecule has 7 heteroatoms. The summed E-state index contributed by atoms with van der Waals surface area (Å²) in [5.41, 5.74) is 3.63. The highest BCUT2D eigenvalue weighted by molar-refractivity contribution is 6.27. The second-order valence-electron chi connectivity index (χ2n) is 9.56. The van der Waals surface area contributed by atoms with Crippen LogP contribution < -0.4 is 0 Å². The van der Waals surface area contributed by atoms with E-state index in [9.17, 15) is 5.11 Å². The van der Waals surface area contributed by atoms with Crippen LogP contribution in [0.3, 0.4) is 0 Å². The van der Waals surface area contributed by atoms with Crippen molar-refractivity contribution in [2.45, 2.75) is 37.9 Å². The lowest BCUT2D eigenvalue weighted by Gasteiger charge is -2.33. The molecule has 4 rings (SSSR count). The van der Waals surface area contributed by atoms with Crippen molar-refractivity contribution < 1.29 is 29.6 Å². The van der Waals surface area contributed by atoms with Crippen LogP contribution in [0, 0.1) is 5.92 Å². The molecular weight excluding hydrogens is 482 g/mol. The Morgan fingerprint density at radius 1 is 0.789 bits per heavy atom. The lowest BCUT2D eigenvalue weighted by Crippen LogP contribution is -2.39. The van der Waals surface area contributed by atoms with Gasteiger partial charge in [0.1, 0.15) is 6.10 Å². The van der Waals surface area contributed by atoms with Gasteiger partial charge in [0.25, 0.3) is 0 Å². The Hall–Kier alpha value is -3.52. The van der Waals surface area contributed by atoms with E-state index in [4.69, 9.17) is 24.5 Å². The normalized spacial score (nSPS) is 14.9. The Morgan fingerprint density at radius 2 is 1.26 bits per heavy atom. The summed E-state index contributed by atoms with van der Waals surface area (Å²) in [5, 5.41) is 25.3. The average molecular weight is 520 g/mol. The molecule has 3 aromatic carbocycles. The lowest BCUT2D eigenvalue weighted by atomic mass is 9.93. The number of aliphatic hydroxyl groups is 1. The number of ether oxygens (including phenoxy) is 1. The van der Waals surface area contributed by atoms with Gasteiger partial charge in [-0.3, -0.25) is 0 Å². The Bertz CT molecular complexity index is 1030. The molecule has 0 amide bonds. The molecule has 1 saturated heterocycles. The van der Waals surface area contributed by atoms with Crippen molar-refractivity contribution in [3.8, 4) is 0 Å². The minimum atomic E-state index is -1.82. The molecule has 3 N–H and O–H groups in total. The summed E-state index contributed by atoms with van der Waals surface area (Å²) in [7, 11) is 0. The van der Waals surface area contributed by atoms with Crippen molar-refractivity contribution in [1.29, 1.82) is 0 Å². The molecule has 0 saturated carbocycles. The topological polar surface area (TPSA) is 107 Å². The van der Waals surface area contributed by atoms with Crippen molar-refractivity contribution in [3.05, 3.63) is 108 Å². The minimum Gasteiger partial charge on any atom is -0.473 e. The van der Waals surface area contributed by atoms with Crippen LogP contribution in [0.4, 0.5) is 0 Å². The Kier molecular flexibility index (Phi) is 12.0. The summed E-state index contributed by atoms with van der Waals surface area (Å²) < 4.78 is 6.42. The Balaban J connectivity index is 0.000000599. The molecule has 3 aromatic rings. The molecule has 0 bridgehead atoms. The molecule has 1 heterocycles. The van der Waals surface area contributed by atoms with E-state index < -0.39 is 11.9 Å². The molecule has 38 heavy (non-hydrogen) atoms. The van der Waals surface area contributed by atoms with Gasteiger partial charge >= 0.3 is 11.9 Å². The Morgan fingerprint density at radius 3 is 1.74 bits per heavy atom. The van der Waals surface area contributed by atoms with Gasteiger partial charge in [0.2, 0.25) is 0 Å². The number of carboxylic acids is 2. The highest BCUT2D eigenvalue weighted by Crippen LogP contribution is 2.28. The van der Waals surface area contributed by atoms with Gasteiger partial charge in [-0.1, -0.05) is 91.0 Å². The summed E-state index contributed by atoms with van der Waals surface area (Å²) >= 11 is 0. The molecular formula is C31H37NO6. The number of likely N-dealkylation sites (tertiary alicyclic amines) is 1. The molecule has 0 aromatic heterocycles. The van der Waals surface area contributed by atoms with E-state index in [1.165, 1.54) is 29.5 Å². The Labute approximate surface area is 224 Å². The summed E-state index contributed by atoms with van der Waals surface area (Å²) in [6.07, 6.45) is 3.89. The fourth-order valence-electron chi connectivity index (χ4n) is 4.70. The first-order valence-electron chi connectivity index (χ1n) is 13.0. The molecule has 1 aliphatic heterocycles. The van der Waals surface area contributed by atoms with E-state index in [1.54, 1.807) is 0 Å². The zero-order valence-corrected chi connectivity index (χ0v) is 21.6. The number of hydrogen-bond acceptors (Lipinski definition) is 5. The first kappa shape index (κ1) is 29.0. The minimum absolute atomic E-state index is 0.00868. The van der Waals surface area contributed by atoms with Crippen molar-refractivity contribution >= 4 is 11.9 Å². The second kappa shape index (κ2) is 15.7. The van der Waals surface area contributed by atoms with Crippen LogP contribution in [0.2, 0.25) is 0 Å². The van der Waals surface area contributed by atoms with E-state index in [-0.39, 0.29) is 12.2 Å². The quantitative estimate of drug-likeness (QED) is 0.335. The number of nitrogens with zero attached hydrogens (tertiary/aromatic N) is 1. The fourth-order valence-corrected chi connectivity index (χ4v) is 4.70. The van der Waals surface area contributed by atoms with Gasteiger partial charge in [0.05, 0.1) is 6.10 Å². The monoisotopic (exact) mass is 519 g/mol. The molecule has 0 radical (unpaired) electrons. The zero-order chi connectivity index (χ0) is 27.2. The zero-order valence-electron chi connectivity index (χ0n) is 21.6. The second-order valence-corrected chi connectivity index (χ2v) is 9.56. The molecule has 7 nitrogen and oxygen atoms in total. The number of carboxylic acid groups (broad SMARTS) is 2. The highest BCUT2D eigenvalue weighted by Gasteiger charge is 2.22. The van der Waals surface area contributed by atoms with Crippen LogP contribution >= 0.6 is 0 Å². The average Bonchev–Trinajstić information content (AvgIpc) is 2.94. The maximum atomic E-state index is 10.5. The van der Waals surface area contributed by atoms with Crippen molar-refractivity contribution in [1.82, 2.24) is 4.90 Å². The van der Waals surface area contributed by atoms with Gasteiger partial charge in [0.15, 0.2) is 0 Å². The number of benzene rings is 3. The first-order chi connectivity index (χ1) is 18.4. The molecule has 0 unspecified atom stereocenters. The standard InChI is InChI=1S/C29H35NO2.C2H2O4/c31-28(22-25-10-4-1-5-11-25)23-30-19-16-24(17-20-30)18-21-32-29(26-12-6-2-7-13-26)27-14-8-3-9-15-27;3-1(4)2(5)6/h1-15,24,28-29,31H,16-23H2;(H,3,4)(H,5,6)/t28-;/m1./s1. The number of rotatable bonds is 10. The first-order valence-corrected chi connectivity index (χ1v) is 13.0. The maximum Gasteiger partial charge on any atom is 0.414 e. The molecule has 0 aliphatic carbocycles. The molecule has 0 spiro atoms. The van der Waals surface area contributed by atoms with Gasteiger partial charge in [0, 0.05) is 13.2 Å². The van der Waals surface area contributed by atoms with Crippen molar-refractivity contribution in [3.63, 3.8) is 0 Å². The van der Waals surface area contributed by atoms with Gasteiger partial charge in [-0.25, -0.2) is 9.59 Å². The predicted molar refractivity (Wildman–Crippen MR) is 146 cm³/mol. The van der Waals surface area contributed by atoms with Crippen LogP contribution in [-0.2, 0) is 20.7 Å². The number of aliphatic hydroxyl groups excluding tert-OH is 1. The summed E-state index contributed by atoms with van der Waals surface area (Å²) in [4.78, 5) is 20.6. The molecule has 202 valence electrons. The van der Waals surface area contributed by atoms with E-state index in [0.29, 0.717) is 5.92 Å². The van der Waals surface area contributed by atoms with Crippen LogP contribution in [-0.4, -0.2) is 64.5 Å². The summed E-state index contributed by atoms with van der Waals surface area (Å²) in [6, 6.07) is 31.3. The smallest absolute Gasteiger partial charge is 0.414 e. The predicted octanol–water partition coefficient (Wildman–Crippen LogP) is 4.65. The summed E-state index contributed by atoms with van der Waals surface area (Å²) in [5.74, 6) is -2.95. The van der Waals surface area contributed by atoms with Crippen molar-refractivity contribution in [2.75, 3.05) is 26.2 Å². The van der Waals surface area contributed by atoms with E-state index in [0.717, 1.165) is 39.1 Å². The third-order valence-electron chi connectivity index (χ3n) is 6.69. The van der Waals surface area contributed by atoms with Gasteiger partial charge < -0.3 is 25.0 Å². The fraction of sp³-hybridized carbons (Fsp3) is 0.355. The molecule has 1 atom stereocenters. The third-order valence-corrected chi connectivity index (χ3v) is 6.69. The maximum absolute atomic E-state index is 10.5. The van der Waals surface area contributed by atoms with Crippen LogP contribution in [0.1, 0.15) is 42.1 Å². The lowest BCUT2D eigenvalue weighted by molar-refractivity contribution is -0.159. The summed E-state index contributed by atoms with van der Waals surface area (Å²) in [6.45, 7) is 3.67. The van der Waals surface area contributed by atoms with Crippen molar-refractivity contribution in [2.24, 2.45) is 5.92 Å². The van der Waals surface area contributed by atoms with Gasteiger partial charge in [-0.15, -0.1) is 0 Å². The molecule has 1 fully saturated rings. The number of carbonyl (C=O) groups is 2. The van der Waals surface area contributed by atoms with E-state index >= 15 is 0 Å². The number of hydrogen-bond donors (Lipinski definition) is 3. The number of piperidine rings is 1. The largest absolute Gasteiger partial charge is 0.473 e. The number of aliphatic carboxylic acids is 2.